The van der Waals surface area contributed by atoms with Crippen LogP contribution in [0, 0.1) is 0 Å². The Morgan fingerprint density at radius 2 is 1.40 bits per heavy atom. The average Bonchev–Trinajstić information content (AvgIpc) is 2.63. The highest BCUT2D eigenvalue weighted by Gasteiger charge is 2.93. The summed E-state index contributed by atoms with van der Waals surface area (Å²) in [5, 5.41) is 64.8. The lowest BCUT2D eigenvalue weighted by molar-refractivity contribution is -0.346. The molecule has 0 aromatic carbocycles. The molecule has 0 heterocycles. The highest BCUT2D eigenvalue weighted by molar-refractivity contribution is 6.16. The summed E-state index contributed by atoms with van der Waals surface area (Å²) in [6.45, 7) is 0. The molecular formula is C7H10O8. The fraction of sp³-hybridized carbons (Fsp3) is 0.857. The Morgan fingerprint density at radius 1 is 0.933 bits per heavy atom. The van der Waals surface area contributed by atoms with E-state index in [1.807, 2.05) is 0 Å². The summed E-state index contributed by atoms with van der Waals surface area (Å²) in [7, 11) is 0. The number of hydrogen-bond acceptors (Lipinski definition) is 8. The molecule has 0 amide bonds. The molecule has 0 unspecified atom stereocenters. The van der Waals surface area contributed by atoms with Crippen molar-refractivity contribution in [3.05, 3.63) is 0 Å². The second-order valence-corrected chi connectivity index (χ2v) is 3.91. The molecule has 0 radical (unpaired) electrons. The minimum atomic E-state index is -3.41. The lowest BCUT2D eigenvalue weighted by atomic mass is 9.82. The van der Waals surface area contributed by atoms with Crippen LogP contribution in [-0.2, 0) is 4.79 Å². The first-order valence-corrected chi connectivity index (χ1v) is 4.12. The van der Waals surface area contributed by atoms with Crippen molar-refractivity contribution >= 4 is 5.78 Å². The molecule has 2 rings (SSSR count). The molecule has 0 aromatic heterocycles. The van der Waals surface area contributed by atoms with E-state index in [4.69, 9.17) is 10.2 Å². The largest absolute Gasteiger partial charge is 0.387 e. The highest BCUT2D eigenvalue weighted by Crippen LogP contribution is 2.57. The summed E-state index contributed by atoms with van der Waals surface area (Å²) in [6, 6.07) is 0. The third-order valence-corrected chi connectivity index (χ3v) is 3.18. The van der Waals surface area contributed by atoms with E-state index >= 15 is 0 Å². The summed E-state index contributed by atoms with van der Waals surface area (Å²) in [6.07, 6.45) is -6.71. The Balaban J connectivity index is 2.54. The van der Waals surface area contributed by atoms with Gasteiger partial charge in [0.1, 0.15) is 18.3 Å². The summed E-state index contributed by atoms with van der Waals surface area (Å²) >= 11 is 0. The van der Waals surface area contributed by atoms with E-state index in [1.54, 1.807) is 0 Å². The number of ketones is 1. The van der Waals surface area contributed by atoms with Crippen molar-refractivity contribution in [2.24, 2.45) is 0 Å². The van der Waals surface area contributed by atoms with Crippen LogP contribution in [0.4, 0.5) is 0 Å². The van der Waals surface area contributed by atoms with Gasteiger partial charge in [-0.3, -0.25) is 4.79 Å². The maximum Gasteiger partial charge on any atom is 0.233 e. The van der Waals surface area contributed by atoms with E-state index in [0.717, 1.165) is 0 Å². The number of carbonyl (C=O) groups is 1. The molecule has 2 aliphatic carbocycles. The molecular weight excluding hydrogens is 212 g/mol. The molecule has 8 heteroatoms. The van der Waals surface area contributed by atoms with Crippen LogP contribution in [0.3, 0.4) is 0 Å². The molecule has 5 atom stereocenters. The fourth-order valence-corrected chi connectivity index (χ4v) is 2.04. The topological polar surface area (TPSA) is 159 Å². The van der Waals surface area contributed by atoms with Gasteiger partial charge in [0.15, 0.2) is 5.60 Å². The Labute approximate surface area is 82.6 Å². The van der Waals surface area contributed by atoms with Crippen LogP contribution in [0.1, 0.15) is 0 Å². The first-order chi connectivity index (χ1) is 6.63. The van der Waals surface area contributed by atoms with Crippen LogP contribution in [-0.4, -0.2) is 76.8 Å². The fourth-order valence-electron chi connectivity index (χ4n) is 2.04. The van der Waals surface area contributed by atoms with Crippen LogP contribution in [0.15, 0.2) is 0 Å². The quantitative estimate of drug-likeness (QED) is 0.200. The SMILES string of the molecule is O=C1[C@]2(O)[C@H](O)[C@@H](O)[C@@H](O)C(O)(O)[C@@]12O. The van der Waals surface area contributed by atoms with Crippen LogP contribution in [0.5, 0.6) is 0 Å². The van der Waals surface area contributed by atoms with Gasteiger partial charge in [0.25, 0.3) is 0 Å². The van der Waals surface area contributed by atoms with Crippen molar-refractivity contribution in [2.75, 3.05) is 0 Å². The van der Waals surface area contributed by atoms with E-state index in [9.17, 15) is 30.3 Å². The van der Waals surface area contributed by atoms with Gasteiger partial charge in [-0.05, 0) is 0 Å². The van der Waals surface area contributed by atoms with Crippen LogP contribution in [0.25, 0.3) is 0 Å². The molecule has 0 aromatic rings. The molecule has 8 nitrogen and oxygen atoms in total. The predicted molar refractivity (Wildman–Crippen MR) is 40.1 cm³/mol. The van der Waals surface area contributed by atoms with Gasteiger partial charge >= 0.3 is 0 Å². The van der Waals surface area contributed by atoms with E-state index in [-0.39, 0.29) is 0 Å². The first kappa shape index (κ1) is 10.9. The van der Waals surface area contributed by atoms with Crippen LogP contribution < -0.4 is 0 Å². The summed E-state index contributed by atoms with van der Waals surface area (Å²) in [5.41, 5.74) is -5.92. The van der Waals surface area contributed by atoms with E-state index in [1.165, 1.54) is 0 Å². The average molecular weight is 222 g/mol. The zero-order valence-electron chi connectivity index (χ0n) is 7.27. The van der Waals surface area contributed by atoms with Gasteiger partial charge in [-0.25, -0.2) is 0 Å². The standard InChI is InChI=1S/C7H10O8/c8-1-2(9)5(12)4(11)6(5,13)7(14,15)3(1)10/h1-3,8-10,12-15H/t1-,2-,3-,5-,6-/m1/s1. The van der Waals surface area contributed by atoms with Crippen molar-refractivity contribution < 1.29 is 40.5 Å². The highest BCUT2D eigenvalue weighted by atomic mass is 16.6. The number of Topliss-reactive ketones (excluding diaryl/α,β-unsaturated/α-hetero) is 1. The van der Waals surface area contributed by atoms with Gasteiger partial charge < -0.3 is 35.7 Å². The van der Waals surface area contributed by atoms with Gasteiger partial charge in [-0.15, -0.1) is 0 Å². The molecule has 7 N–H and O–H groups in total. The van der Waals surface area contributed by atoms with Crippen LogP contribution in [0.2, 0.25) is 0 Å². The third kappa shape index (κ3) is 0.773. The van der Waals surface area contributed by atoms with Crippen molar-refractivity contribution in [1.29, 1.82) is 0 Å². The molecule has 86 valence electrons. The second kappa shape index (κ2) is 2.38. The van der Waals surface area contributed by atoms with Gasteiger partial charge in [0.05, 0.1) is 0 Å². The Kier molecular flexibility index (Phi) is 1.73. The number of rotatable bonds is 0. The Bertz CT molecular complexity index is 340. The number of hydrogen-bond donors (Lipinski definition) is 7. The molecule has 0 bridgehead atoms. The number of carbonyl (C=O) groups excluding carboxylic acids is 1. The van der Waals surface area contributed by atoms with Crippen molar-refractivity contribution in [1.82, 2.24) is 0 Å². The minimum absolute atomic E-state index is 1.46. The van der Waals surface area contributed by atoms with Gasteiger partial charge in [-0.1, -0.05) is 0 Å². The zero-order chi connectivity index (χ0) is 11.8. The van der Waals surface area contributed by atoms with E-state index in [2.05, 4.69) is 0 Å². The lowest BCUT2D eigenvalue weighted by Gasteiger charge is -2.41. The van der Waals surface area contributed by atoms with E-state index < -0.39 is 41.1 Å². The monoisotopic (exact) mass is 222 g/mol. The molecule has 0 saturated heterocycles. The maximum atomic E-state index is 11.1. The zero-order valence-corrected chi connectivity index (χ0v) is 7.27. The Hall–Kier alpha value is -0.610. The number of aliphatic hydroxyl groups excluding tert-OH is 3. The summed E-state index contributed by atoms with van der Waals surface area (Å²) in [4.78, 5) is 11.1. The van der Waals surface area contributed by atoms with Crippen molar-refractivity contribution in [2.45, 2.75) is 35.3 Å². The number of aliphatic hydroxyl groups is 7. The van der Waals surface area contributed by atoms with Gasteiger partial charge in [0.2, 0.25) is 17.2 Å². The molecule has 2 fully saturated rings. The predicted octanol–water partition coefficient (Wildman–Crippen LogP) is -5.19. The molecule has 2 aliphatic rings. The van der Waals surface area contributed by atoms with Crippen molar-refractivity contribution in [3.8, 4) is 0 Å². The van der Waals surface area contributed by atoms with E-state index in [0.29, 0.717) is 0 Å². The maximum absolute atomic E-state index is 11.1. The third-order valence-electron chi connectivity index (χ3n) is 3.18. The summed E-state index contributed by atoms with van der Waals surface area (Å²) < 4.78 is 0. The van der Waals surface area contributed by atoms with Crippen molar-refractivity contribution in [3.63, 3.8) is 0 Å². The minimum Gasteiger partial charge on any atom is -0.387 e. The smallest absolute Gasteiger partial charge is 0.233 e. The first-order valence-electron chi connectivity index (χ1n) is 4.12. The normalized spacial score (nSPS) is 57.5. The molecule has 15 heavy (non-hydrogen) atoms. The second-order valence-electron chi connectivity index (χ2n) is 3.91. The van der Waals surface area contributed by atoms with Crippen LogP contribution >= 0.6 is 0 Å². The Morgan fingerprint density at radius 3 is 1.87 bits per heavy atom. The lowest BCUT2D eigenvalue weighted by Crippen LogP contribution is -2.70. The number of fused-ring (bicyclic) bond motifs is 1. The molecule has 2 saturated carbocycles. The van der Waals surface area contributed by atoms with Gasteiger partial charge in [0, 0.05) is 0 Å². The van der Waals surface area contributed by atoms with Gasteiger partial charge in [-0.2, -0.15) is 0 Å². The molecule has 0 aliphatic heterocycles. The summed E-state index contributed by atoms with van der Waals surface area (Å²) in [5.74, 6) is -4.86. The molecule has 0 spiro atoms.